The zero-order valence-corrected chi connectivity index (χ0v) is 13.8. The van der Waals surface area contributed by atoms with Gasteiger partial charge in [-0.15, -0.1) is 12.4 Å². The SMILES string of the molecule is CN(CC(C)(C)CN)S(=O)(=O)c1cnc2n1CCC2.Cl. The zero-order chi connectivity index (χ0) is 14.3. The van der Waals surface area contributed by atoms with Crippen LogP contribution in [0.5, 0.6) is 0 Å². The molecule has 0 saturated carbocycles. The highest BCUT2D eigenvalue weighted by molar-refractivity contribution is 7.89. The lowest BCUT2D eigenvalue weighted by atomic mass is 9.94. The average Bonchev–Trinajstić information content (AvgIpc) is 2.89. The molecule has 6 nitrogen and oxygen atoms in total. The third-order valence-electron chi connectivity index (χ3n) is 3.56. The van der Waals surface area contributed by atoms with Crippen LogP contribution in [0.2, 0.25) is 0 Å². The Morgan fingerprint density at radius 3 is 2.75 bits per heavy atom. The molecule has 1 aromatic heterocycles. The molecular weight excluding hydrogens is 300 g/mol. The minimum absolute atomic E-state index is 0. The number of nitrogens with zero attached hydrogens (tertiary/aromatic N) is 3. The molecular formula is C12H23ClN4O2S. The van der Waals surface area contributed by atoms with Crippen LogP contribution in [0.4, 0.5) is 0 Å². The molecule has 0 spiro atoms. The zero-order valence-electron chi connectivity index (χ0n) is 12.2. The first-order valence-electron chi connectivity index (χ1n) is 6.49. The van der Waals surface area contributed by atoms with E-state index in [1.807, 2.05) is 13.8 Å². The predicted molar refractivity (Wildman–Crippen MR) is 80.4 cm³/mol. The molecule has 20 heavy (non-hydrogen) atoms. The quantitative estimate of drug-likeness (QED) is 0.871. The molecule has 1 aliphatic rings. The lowest BCUT2D eigenvalue weighted by Crippen LogP contribution is -2.40. The lowest BCUT2D eigenvalue weighted by Gasteiger charge is -2.28. The number of aromatic nitrogens is 2. The number of fused-ring (bicyclic) bond motifs is 1. The van der Waals surface area contributed by atoms with Crippen molar-refractivity contribution >= 4 is 22.4 Å². The van der Waals surface area contributed by atoms with Gasteiger partial charge < -0.3 is 10.3 Å². The Hall–Kier alpha value is -0.630. The van der Waals surface area contributed by atoms with Gasteiger partial charge in [0.25, 0.3) is 10.0 Å². The molecule has 0 saturated heterocycles. The Morgan fingerprint density at radius 1 is 1.50 bits per heavy atom. The van der Waals surface area contributed by atoms with Gasteiger partial charge in [-0.3, -0.25) is 0 Å². The molecule has 0 radical (unpaired) electrons. The van der Waals surface area contributed by atoms with Crippen molar-refractivity contribution in [3.05, 3.63) is 12.0 Å². The number of imidazole rings is 1. The van der Waals surface area contributed by atoms with Crippen LogP contribution in [0.3, 0.4) is 0 Å². The molecule has 0 unspecified atom stereocenters. The van der Waals surface area contributed by atoms with Gasteiger partial charge in [0.1, 0.15) is 5.82 Å². The molecule has 0 amide bonds. The summed E-state index contributed by atoms with van der Waals surface area (Å²) in [6.07, 6.45) is 3.28. The molecule has 0 atom stereocenters. The van der Waals surface area contributed by atoms with Crippen molar-refractivity contribution < 1.29 is 8.42 Å². The summed E-state index contributed by atoms with van der Waals surface area (Å²) in [4.78, 5) is 4.19. The summed E-state index contributed by atoms with van der Waals surface area (Å²) < 4.78 is 28.3. The summed E-state index contributed by atoms with van der Waals surface area (Å²) in [6.45, 7) is 5.49. The second kappa shape index (κ2) is 6.01. The Bertz CT molecular complexity index is 568. The normalized spacial score (nSPS) is 15.2. The maximum atomic E-state index is 12.6. The van der Waals surface area contributed by atoms with Crippen molar-refractivity contribution in [2.45, 2.75) is 38.3 Å². The highest BCUT2D eigenvalue weighted by Gasteiger charge is 2.31. The van der Waals surface area contributed by atoms with E-state index < -0.39 is 10.0 Å². The van der Waals surface area contributed by atoms with Gasteiger partial charge in [-0.05, 0) is 18.4 Å². The first-order chi connectivity index (χ1) is 8.78. The standard InChI is InChI=1S/C12H22N4O2S.ClH/c1-12(2,8-13)9-15(3)19(17,18)11-7-14-10-5-4-6-16(10)11;/h7H,4-6,8-9,13H2,1-3H3;1H. The van der Waals surface area contributed by atoms with E-state index in [-0.39, 0.29) is 17.8 Å². The van der Waals surface area contributed by atoms with Gasteiger partial charge in [0.05, 0.1) is 6.20 Å². The van der Waals surface area contributed by atoms with E-state index in [0.29, 0.717) is 18.1 Å². The molecule has 0 aromatic carbocycles. The lowest BCUT2D eigenvalue weighted by molar-refractivity contribution is 0.291. The number of aryl methyl sites for hydroxylation is 1. The third kappa shape index (κ3) is 3.16. The number of halogens is 1. The van der Waals surface area contributed by atoms with E-state index >= 15 is 0 Å². The Kier molecular flexibility index (Phi) is 5.23. The second-order valence-corrected chi connectivity index (χ2v) is 7.89. The molecule has 1 aromatic rings. The smallest absolute Gasteiger partial charge is 0.260 e. The first kappa shape index (κ1) is 17.4. The maximum absolute atomic E-state index is 12.6. The molecule has 2 N–H and O–H groups in total. The number of rotatable bonds is 5. The molecule has 116 valence electrons. The molecule has 8 heteroatoms. The highest BCUT2D eigenvalue weighted by atomic mass is 35.5. The van der Waals surface area contributed by atoms with Crippen molar-refractivity contribution in [1.82, 2.24) is 13.9 Å². The fraction of sp³-hybridized carbons (Fsp3) is 0.750. The van der Waals surface area contributed by atoms with Gasteiger partial charge in [0.2, 0.25) is 0 Å². The van der Waals surface area contributed by atoms with Crippen LogP contribution in [-0.2, 0) is 23.0 Å². The molecule has 0 bridgehead atoms. The van der Waals surface area contributed by atoms with E-state index in [1.165, 1.54) is 10.5 Å². The summed E-state index contributed by atoms with van der Waals surface area (Å²) in [7, 11) is -1.89. The van der Waals surface area contributed by atoms with Crippen LogP contribution in [0.1, 0.15) is 26.1 Å². The van der Waals surface area contributed by atoms with Crippen LogP contribution < -0.4 is 5.73 Å². The number of hydrogen-bond acceptors (Lipinski definition) is 4. The van der Waals surface area contributed by atoms with Crippen molar-refractivity contribution in [2.24, 2.45) is 11.1 Å². The summed E-state index contributed by atoms with van der Waals surface area (Å²) in [6, 6.07) is 0. The van der Waals surface area contributed by atoms with Crippen LogP contribution in [-0.4, -0.2) is 42.4 Å². The van der Waals surface area contributed by atoms with E-state index in [2.05, 4.69) is 4.98 Å². The van der Waals surface area contributed by atoms with Crippen LogP contribution in [0, 0.1) is 5.41 Å². The molecule has 1 aliphatic heterocycles. The van der Waals surface area contributed by atoms with Gasteiger partial charge in [0.15, 0.2) is 5.03 Å². The molecule has 0 fully saturated rings. The number of nitrogens with two attached hydrogens (primary N) is 1. The largest absolute Gasteiger partial charge is 0.330 e. The Balaban J connectivity index is 0.00000200. The summed E-state index contributed by atoms with van der Waals surface area (Å²) >= 11 is 0. The van der Waals surface area contributed by atoms with E-state index in [9.17, 15) is 8.42 Å². The first-order valence-corrected chi connectivity index (χ1v) is 7.93. The summed E-state index contributed by atoms with van der Waals surface area (Å²) in [5.74, 6) is 0.866. The average molecular weight is 323 g/mol. The van der Waals surface area contributed by atoms with Crippen LogP contribution >= 0.6 is 12.4 Å². The molecule has 0 aliphatic carbocycles. The fourth-order valence-corrected chi connectivity index (χ4v) is 3.85. The summed E-state index contributed by atoms with van der Waals surface area (Å²) in [5.41, 5.74) is 5.43. The van der Waals surface area contributed by atoms with Crippen LogP contribution in [0.15, 0.2) is 11.2 Å². The van der Waals surface area contributed by atoms with Gasteiger partial charge >= 0.3 is 0 Å². The maximum Gasteiger partial charge on any atom is 0.260 e. The summed E-state index contributed by atoms with van der Waals surface area (Å²) in [5, 5.41) is 0.301. The topological polar surface area (TPSA) is 81.2 Å². The van der Waals surface area contributed by atoms with E-state index in [0.717, 1.165) is 25.2 Å². The molecule has 2 heterocycles. The van der Waals surface area contributed by atoms with Gasteiger partial charge in [-0.1, -0.05) is 13.8 Å². The minimum atomic E-state index is -3.49. The second-order valence-electron chi connectivity index (χ2n) is 5.90. The monoisotopic (exact) mass is 322 g/mol. The van der Waals surface area contributed by atoms with Crippen molar-refractivity contribution in [2.75, 3.05) is 20.1 Å². The fourth-order valence-electron chi connectivity index (χ4n) is 2.35. The van der Waals surface area contributed by atoms with Gasteiger partial charge in [0, 0.05) is 26.6 Å². The van der Waals surface area contributed by atoms with Crippen molar-refractivity contribution in [3.63, 3.8) is 0 Å². The third-order valence-corrected chi connectivity index (χ3v) is 5.37. The van der Waals surface area contributed by atoms with Crippen molar-refractivity contribution in [1.29, 1.82) is 0 Å². The van der Waals surface area contributed by atoms with Gasteiger partial charge in [-0.2, -0.15) is 4.31 Å². The highest BCUT2D eigenvalue weighted by Crippen LogP contribution is 2.24. The minimum Gasteiger partial charge on any atom is -0.330 e. The number of sulfonamides is 1. The van der Waals surface area contributed by atoms with Crippen LogP contribution in [0.25, 0.3) is 0 Å². The number of hydrogen-bond donors (Lipinski definition) is 1. The van der Waals surface area contributed by atoms with Gasteiger partial charge in [-0.25, -0.2) is 13.4 Å². The predicted octanol–water partition coefficient (Wildman–Crippen LogP) is 0.856. The van der Waals surface area contributed by atoms with E-state index in [4.69, 9.17) is 5.73 Å². The van der Waals surface area contributed by atoms with Crippen molar-refractivity contribution in [3.8, 4) is 0 Å². The van der Waals surface area contributed by atoms with E-state index in [1.54, 1.807) is 11.6 Å². The molecule has 2 rings (SSSR count). The Labute approximate surface area is 126 Å². The Morgan fingerprint density at radius 2 is 2.15 bits per heavy atom.